The van der Waals surface area contributed by atoms with Crippen molar-refractivity contribution in [3.63, 3.8) is 0 Å². The number of rotatable bonds is 3. The van der Waals surface area contributed by atoms with Crippen molar-refractivity contribution in [2.45, 2.75) is 18.7 Å². The van der Waals surface area contributed by atoms with Crippen LogP contribution < -0.4 is 0 Å². The predicted octanol–water partition coefficient (Wildman–Crippen LogP) is 3.49. The van der Waals surface area contributed by atoms with E-state index in [9.17, 15) is 22.4 Å². The lowest BCUT2D eigenvalue weighted by Gasteiger charge is -2.31. The highest BCUT2D eigenvalue weighted by atomic mass is 19.4. The molecule has 0 N–H and O–H groups in total. The van der Waals surface area contributed by atoms with E-state index in [2.05, 4.69) is 11.3 Å². The van der Waals surface area contributed by atoms with Gasteiger partial charge in [-0.25, -0.2) is 4.79 Å². The quantitative estimate of drug-likeness (QED) is 0.473. The molecule has 1 rings (SSSR count). The Balaban J connectivity index is 3.21. The van der Waals surface area contributed by atoms with Crippen molar-refractivity contribution >= 4 is 5.97 Å². The molecule has 0 aliphatic carbocycles. The SMILES string of the molecule is C=C(F)C(=O)OC(C)(c1ccccc1)C(F)(F)F. The van der Waals surface area contributed by atoms with Crippen LogP contribution in [0.15, 0.2) is 42.7 Å². The molecular weight excluding hydrogens is 252 g/mol. The van der Waals surface area contributed by atoms with Gasteiger partial charge in [0.15, 0.2) is 0 Å². The zero-order valence-electron chi connectivity index (χ0n) is 9.42. The molecule has 0 aliphatic rings. The molecule has 6 heteroatoms. The summed E-state index contributed by atoms with van der Waals surface area (Å²) in [6, 6.07) is 6.51. The van der Waals surface area contributed by atoms with Crippen LogP contribution in [0.2, 0.25) is 0 Å². The highest BCUT2D eigenvalue weighted by Crippen LogP contribution is 2.42. The maximum Gasteiger partial charge on any atom is 0.432 e. The molecule has 0 saturated carbocycles. The molecule has 0 aromatic heterocycles. The Bertz CT molecular complexity index is 453. The Labute approximate surface area is 101 Å². The van der Waals surface area contributed by atoms with E-state index in [0.717, 1.165) is 12.1 Å². The number of benzene rings is 1. The lowest BCUT2D eigenvalue weighted by molar-refractivity contribution is -0.268. The molecule has 0 saturated heterocycles. The molecule has 2 nitrogen and oxygen atoms in total. The summed E-state index contributed by atoms with van der Waals surface area (Å²) in [6.45, 7) is 3.26. The fourth-order valence-corrected chi connectivity index (χ4v) is 1.28. The lowest BCUT2D eigenvalue weighted by atomic mass is 9.95. The summed E-state index contributed by atoms with van der Waals surface area (Å²) in [7, 11) is 0. The number of alkyl halides is 3. The minimum atomic E-state index is -4.88. The van der Waals surface area contributed by atoms with Crippen LogP contribution in [0.5, 0.6) is 0 Å². The molecule has 0 fully saturated rings. The first-order chi connectivity index (χ1) is 8.18. The van der Waals surface area contributed by atoms with E-state index in [4.69, 9.17) is 0 Å². The van der Waals surface area contributed by atoms with Gasteiger partial charge in [-0.15, -0.1) is 0 Å². The zero-order valence-corrected chi connectivity index (χ0v) is 9.42. The highest BCUT2D eigenvalue weighted by Gasteiger charge is 2.56. The van der Waals surface area contributed by atoms with Gasteiger partial charge in [0.1, 0.15) is 0 Å². The molecule has 0 bridgehead atoms. The van der Waals surface area contributed by atoms with Crippen molar-refractivity contribution in [1.82, 2.24) is 0 Å². The third-order valence-corrected chi connectivity index (χ3v) is 2.38. The van der Waals surface area contributed by atoms with Gasteiger partial charge in [0, 0.05) is 5.56 Å². The second-order valence-electron chi connectivity index (χ2n) is 3.69. The van der Waals surface area contributed by atoms with Gasteiger partial charge in [0.2, 0.25) is 11.4 Å². The first kappa shape index (κ1) is 14.2. The Kier molecular flexibility index (Phi) is 3.79. The zero-order chi connectivity index (χ0) is 14.0. The standard InChI is InChI=1S/C12H10F4O2/c1-8(13)10(17)18-11(2,12(14,15)16)9-6-4-3-5-7-9/h3-7H,1H2,2H3. The number of esters is 1. The van der Waals surface area contributed by atoms with E-state index in [1.165, 1.54) is 18.2 Å². The van der Waals surface area contributed by atoms with Crippen molar-refractivity contribution in [1.29, 1.82) is 0 Å². The van der Waals surface area contributed by atoms with E-state index in [0.29, 0.717) is 6.92 Å². The second-order valence-corrected chi connectivity index (χ2v) is 3.69. The van der Waals surface area contributed by atoms with Crippen LogP contribution >= 0.6 is 0 Å². The van der Waals surface area contributed by atoms with Gasteiger partial charge in [-0.05, 0) is 6.92 Å². The third kappa shape index (κ3) is 2.69. The summed E-state index contributed by atoms with van der Waals surface area (Å²) in [6.07, 6.45) is -4.88. The summed E-state index contributed by atoms with van der Waals surface area (Å²) in [5.41, 5.74) is -3.22. The molecule has 1 atom stereocenters. The van der Waals surface area contributed by atoms with Crippen molar-refractivity contribution in [3.8, 4) is 0 Å². The van der Waals surface area contributed by atoms with Crippen molar-refractivity contribution in [2.75, 3.05) is 0 Å². The van der Waals surface area contributed by atoms with Crippen LogP contribution in [0.3, 0.4) is 0 Å². The predicted molar refractivity (Wildman–Crippen MR) is 56.2 cm³/mol. The summed E-state index contributed by atoms with van der Waals surface area (Å²) in [4.78, 5) is 11.0. The maximum absolute atomic E-state index is 13.0. The van der Waals surface area contributed by atoms with E-state index in [1.54, 1.807) is 0 Å². The molecular formula is C12H10F4O2. The summed E-state index contributed by atoms with van der Waals surface area (Å²) in [5, 5.41) is 0. The monoisotopic (exact) mass is 262 g/mol. The van der Waals surface area contributed by atoms with Gasteiger partial charge >= 0.3 is 12.1 Å². The largest absolute Gasteiger partial charge is 0.439 e. The molecule has 0 aliphatic heterocycles. The van der Waals surface area contributed by atoms with Gasteiger partial charge in [-0.3, -0.25) is 0 Å². The Hall–Kier alpha value is -1.85. The van der Waals surface area contributed by atoms with Crippen LogP contribution in [0.1, 0.15) is 12.5 Å². The van der Waals surface area contributed by atoms with Crippen LogP contribution in [-0.2, 0) is 15.1 Å². The van der Waals surface area contributed by atoms with Crippen LogP contribution in [0.4, 0.5) is 17.6 Å². The number of ether oxygens (including phenoxy) is 1. The number of carbonyl (C=O) groups is 1. The van der Waals surface area contributed by atoms with Crippen LogP contribution in [-0.4, -0.2) is 12.1 Å². The summed E-state index contributed by atoms with van der Waals surface area (Å²) >= 11 is 0. The molecule has 0 amide bonds. The summed E-state index contributed by atoms with van der Waals surface area (Å²) in [5.74, 6) is -3.32. The first-order valence-corrected chi connectivity index (χ1v) is 4.88. The number of carbonyl (C=O) groups excluding carboxylic acids is 1. The van der Waals surface area contributed by atoms with E-state index in [-0.39, 0.29) is 5.56 Å². The molecule has 0 heterocycles. The summed E-state index contributed by atoms with van der Waals surface area (Å²) < 4.78 is 55.7. The van der Waals surface area contributed by atoms with Gasteiger partial charge in [0.25, 0.3) is 0 Å². The average Bonchev–Trinajstić information content (AvgIpc) is 2.28. The van der Waals surface area contributed by atoms with E-state index in [1.807, 2.05) is 0 Å². The molecule has 18 heavy (non-hydrogen) atoms. The molecule has 1 aromatic rings. The van der Waals surface area contributed by atoms with Crippen LogP contribution in [0.25, 0.3) is 0 Å². The van der Waals surface area contributed by atoms with Crippen molar-refractivity contribution in [2.24, 2.45) is 0 Å². The van der Waals surface area contributed by atoms with Gasteiger partial charge in [0.05, 0.1) is 0 Å². The van der Waals surface area contributed by atoms with Crippen molar-refractivity contribution < 1.29 is 27.1 Å². The molecule has 0 radical (unpaired) electrons. The Morgan fingerprint density at radius 3 is 2.11 bits per heavy atom. The third-order valence-electron chi connectivity index (χ3n) is 2.38. The van der Waals surface area contributed by atoms with Crippen LogP contribution in [0, 0.1) is 0 Å². The molecule has 0 spiro atoms. The number of hydrogen-bond acceptors (Lipinski definition) is 2. The molecule has 98 valence electrons. The number of halogens is 4. The average molecular weight is 262 g/mol. The lowest BCUT2D eigenvalue weighted by Crippen LogP contribution is -2.43. The number of hydrogen-bond donors (Lipinski definition) is 0. The molecule has 1 aromatic carbocycles. The van der Waals surface area contributed by atoms with E-state index < -0.39 is 23.6 Å². The second kappa shape index (κ2) is 4.80. The van der Waals surface area contributed by atoms with Gasteiger partial charge in [-0.1, -0.05) is 36.9 Å². The van der Waals surface area contributed by atoms with Gasteiger partial charge < -0.3 is 4.74 Å². The topological polar surface area (TPSA) is 26.3 Å². The highest BCUT2D eigenvalue weighted by molar-refractivity contribution is 5.85. The van der Waals surface area contributed by atoms with E-state index >= 15 is 0 Å². The molecule has 1 unspecified atom stereocenters. The van der Waals surface area contributed by atoms with Gasteiger partial charge in [-0.2, -0.15) is 17.6 Å². The fraction of sp³-hybridized carbons (Fsp3) is 0.250. The fourth-order valence-electron chi connectivity index (χ4n) is 1.28. The minimum absolute atomic E-state index is 0.299. The Morgan fingerprint density at radius 1 is 1.22 bits per heavy atom. The minimum Gasteiger partial charge on any atom is -0.439 e. The first-order valence-electron chi connectivity index (χ1n) is 4.88. The van der Waals surface area contributed by atoms with Crippen molar-refractivity contribution in [3.05, 3.63) is 48.3 Å². The Morgan fingerprint density at radius 2 is 1.72 bits per heavy atom. The normalized spacial score (nSPS) is 14.7. The maximum atomic E-state index is 13.0. The smallest absolute Gasteiger partial charge is 0.432 e.